The van der Waals surface area contributed by atoms with E-state index < -0.39 is 0 Å². The van der Waals surface area contributed by atoms with Crippen LogP contribution < -0.4 is 0 Å². The first-order chi connectivity index (χ1) is 17.7. The van der Waals surface area contributed by atoms with Crippen molar-refractivity contribution < 1.29 is 0 Å². The maximum atomic E-state index is 4.92. The molecular weight excluding hydrogens is 438 g/mol. The Bertz CT molecular complexity index is 1470. The number of benzene rings is 4. The van der Waals surface area contributed by atoms with Gasteiger partial charge in [-0.15, -0.1) is 0 Å². The Hall–Kier alpha value is -4.50. The van der Waals surface area contributed by atoms with E-state index in [1.807, 2.05) is 59.4 Å². The number of aromatic nitrogens is 3. The van der Waals surface area contributed by atoms with Gasteiger partial charge in [0.2, 0.25) is 0 Å². The maximum Gasteiger partial charge on any atom is 0.0934 e. The summed E-state index contributed by atoms with van der Waals surface area (Å²) in [5.74, 6) is 0.523. The Morgan fingerprint density at radius 1 is 0.611 bits per heavy atom. The third-order valence-electron chi connectivity index (χ3n) is 6.17. The summed E-state index contributed by atoms with van der Waals surface area (Å²) >= 11 is 0. The lowest BCUT2D eigenvalue weighted by molar-refractivity contribution is 0.857. The first kappa shape index (κ1) is 23.3. The van der Waals surface area contributed by atoms with Gasteiger partial charge in [-0.1, -0.05) is 111 Å². The van der Waals surface area contributed by atoms with Gasteiger partial charge >= 0.3 is 0 Å². The molecule has 0 spiro atoms. The van der Waals surface area contributed by atoms with Crippen molar-refractivity contribution in [3.8, 4) is 28.2 Å². The van der Waals surface area contributed by atoms with Gasteiger partial charge in [-0.05, 0) is 41.8 Å². The van der Waals surface area contributed by atoms with E-state index in [1.165, 1.54) is 10.9 Å². The fourth-order valence-corrected chi connectivity index (χ4v) is 4.16. The fourth-order valence-electron chi connectivity index (χ4n) is 4.16. The monoisotopic (exact) mass is 467 g/mol. The van der Waals surface area contributed by atoms with E-state index in [-0.39, 0.29) is 0 Å². The minimum absolute atomic E-state index is 0.523. The number of fused-ring (bicyclic) bond motifs is 1. The van der Waals surface area contributed by atoms with Crippen LogP contribution in [0.2, 0.25) is 0 Å². The first-order valence-electron chi connectivity index (χ1n) is 12.3. The molecular formula is C33H29N3. The van der Waals surface area contributed by atoms with Crippen molar-refractivity contribution in [1.82, 2.24) is 14.8 Å². The summed E-state index contributed by atoms with van der Waals surface area (Å²) in [7, 11) is 0. The number of rotatable bonds is 4. The van der Waals surface area contributed by atoms with Crippen molar-refractivity contribution >= 4 is 10.9 Å². The van der Waals surface area contributed by atoms with Crippen molar-refractivity contribution in [2.45, 2.75) is 19.8 Å². The fraction of sp³-hybridized carbons (Fsp3) is 0.0909. The molecule has 0 saturated carbocycles. The molecule has 0 aliphatic heterocycles. The zero-order chi connectivity index (χ0) is 24.7. The molecule has 0 amide bonds. The highest BCUT2D eigenvalue weighted by atomic mass is 15.3. The summed E-state index contributed by atoms with van der Waals surface area (Å²) in [6.07, 6.45) is 1.81. The van der Waals surface area contributed by atoms with Gasteiger partial charge in [-0.2, -0.15) is 5.10 Å². The van der Waals surface area contributed by atoms with Crippen LogP contribution in [0.15, 0.2) is 134 Å². The lowest BCUT2D eigenvalue weighted by Gasteiger charge is -2.10. The van der Waals surface area contributed by atoms with Crippen LogP contribution in [-0.4, -0.2) is 14.8 Å². The Balaban J connectivity index is 0.000000222. The smallest absolute Gasteiger partial charge is 0.0934 e. The van der Waals surface area contributed by atoms with Crippen LogP contribution in [0.3, 0.4) is 0 Å². The van der Waals surface area contributed by atoms with E-state index in [0.717, 1.165) is 33.7 Å². The van der Waals surface area contributed by atoms with Crippen molar-refractivity contribution in [2.24, 2.45) is 0 Å². The highest BCUT2D eigenvalue weighted by Gasteiger charge is 2.13. The lowest BCUT2D eigenvalue weighted by Crippen LogP contribution is -2.00. The van der Waals surface area contributed by atoms with Gasteiger partial charge in [-0.25, -0.2) is 4.68 Å². The number of pyridine rings is 1. The molecule has 176 valence electrons. The molecule has 6 rings (SSSR count). The van der Waals surface area contributed by atoms with Crippen LogP contribution in [0.1, 0.15) is 25.3 Å². The zero-order valence-electron chi connectivity index (χ0n) is 20.6. The molecule has 0 bridgehead atoms. The molecule has 0 aliphatic rings. The van der Waals surface area contributed by atoms with Gasteiger partial charge in [0, 0.05) is 22.7 Å². The average molecular weight is 468 g/mol. The molecule has 3 nitrogen and oxygen atoms in total. The van der Waals surface area contributed by atoms with Gasteiger partial charge in [0.25, 0.3) is 0 Å². The Morgan fingerprint density at radius 2 is 1.22 bits per heavy atom. The third kappa shape index (κ3) is 5.26. The van der Waals surface area contributed by atoms with E-state index in [1.54, 1.807) is 0 Å². The number of hydrogen-bond acceptors (Lipinski definition) is 2. The van der Waals surface area contributed by atoms with E-state index in [9.17, 15) is 0 Å². The molecule has 0 saturated heterocycles. The van der Waals surface area contributed by atoms with Gasteiger partial charge in [-0.3, -0.25) is 4.98 Å². The number of nitrogens with zero attached hydrogens (tertiary/aromatic N) is 3. The Kier molecular flexibility index (Phi) is 7.00. The van der Waals surface area contributed by atoms with Crippen LogP contribution in [0.4, 0.5) is 0 Å². The molecule has 4 aromatic carbocycles. The molecule has 0 unspecified atom stereocenters. The Morgan fingerprint density at radius 3 is 1.89 bits per heavy atom. The number of hydrogen-bond donors (Lipinski definition) is 0. The second-order valence-electron chi connectivity index (χ2n) is 9.00. The normalized spacial score (nSPS) is 10.8. The van der Waals surface area contributed by atoms with Gasteiger partial charge in [0.05, 0.1) is 22.6 Å². The minimum Gasteiger partial charge on any atom is -0.256 e. The quantitative estimate of drug-likeness (QED) is 0.260. The molecule has 0 fully saturated rings. The van der Waals surface area contributed by atoms with Crippen LogP contribution in [0.25, 0.3) is 39.1 Å². The predicted octanol–water partition coefficient (Wildman–Crippen LogP) is 8.56. The summed E-state index contributed by atoms with van der Waals surface area (Å²) in [5.41, 5.74) is 7.85. The molecule has 0 atom stereocenters. The van der Waals surface area contributed by atoms with Crippen LogP contribution in [-0.2, 0) is 0 Å². The molecule has 0 aliphatic carbocycles. The highest BCUT2D eigenvalue weighted by molar-refractivity contribution is 5.77. The molecule has 2 heterocycles. The average Bonchev–Trinajstić information content (AvgIpc) is 3.40. The second kappa shape index (κ2) is 10.8. The van der Waals surface area contributed by atoms with Crippen molar-refractivity contribution in [2.75, 3.05) is 0 Å². The molecule has 0 radical (unpaired) electrons. The number of para-hydroxylation sites is 1. The second-order valence-corrected chi connectivity index (χ2v) is 9.00. The molecule has 6 aromatic rings. The summed E-state index contributed by atoms with van der Waals surface area (Å²) in [6, 6.07) is 43.7. The van der Waals surface area contributed by atoms with Crippen molar-refractivity contribution in [1.29, 1.82) is 0 Å². The molecule has 2 aromatic heterocycles. The van der Waals surface area contributed by atoms with Gasteiger partial charge < -0.3 is 0 Å². The third-order valence-corrected chi connectivity index (χ3v) is 6.17. The van der Waals surface area contributed by atoms with E-state index in [2.05, 4.69) is 97.7 Å². The Labute approximate surface area is 212 Å². The van der Waals surface area contributed by atoms with E-state index in [0.29, 0.717) is 5.92 Å². The van der Waals surface area contributed by atoms with Crippen LogP contribution in [0, 0.1) is 0 Å². The SMILES string of the molecule is CC(C)c1ccc(-n2nc(-c3ccccc3)cc2-c2ccccc2)cc1.c1ccc2ncccc2c1. The predicted molar refractivity (Wildman–Crippen MR) is 150 cm³/mol. The first-order valence-corrected chi connectivity index (χ1v) is 12.3. The lowest BCUT2D eigenvalue weighted by atomic mass is 10.0. The molecule has 36 heavy (non-hydrogen) atoms. The zero-order valence-corrected chi connectivity index (χ0v) is 20.6. The summed E-state index contributed by atoms with van der Waals surface area (Å²) < 4.78 is 2.04. The largest absolute Gasteiger partial charge is 0.256 e. The highest BCUT2D eigenvalue weighted by Crippen LogP contribution is 2.29. The minimum atomic E-state index is 0.523. The van der Waals surface area contributed by atoms with Crippen molar-refractivity contribution in [3.05, 3.63) is 139 Å². The summed E-state index contributed by atoms with van der Waals surface area (Å²) in [5, 5.41) is 6.12. The molecule has 0 N–H and O–H groups in total. The molecule has 3 heteroatoms. The van der Waals surface area contributed by atoms with Crippen LogP contribution in [0.5, 0.6) is 0 Å². The van der Waals surface area contributed by atoms with E-state index in [4.69, 9.17) is 5.10 Å². The van der Waals surface area contributed by atoms with Crippen molar-refractivity contribution in [3.63, 3.8) is 0 Å². The maximum absolute atomic E-state index is 4.92. The van der Waals surface area contributed by atoms with Gasteiger partial charge in [0.1, 0.15) is 0 Å². The summed E-state index contributed by atoms with van der Waals surface area (Å²) in [6.45, 7) is 4.43. The summed E-state index contributed by atoms with van der Waals surface area (Å²) in [4.78, 5) is 4.18. The van der Waals surface area contributed by atoms with Crippen LogP contribution >= 0.6 is 0 Å². The standard InChI is InChI=1S/C24H22N2.C9H7N/c1-18(2)19-13-15-22(16-14-19)26-24(21-11-7-4-8-12-21)17-23(25-26)20-9-5-3-6-10-20;1-2-6-9-8(4-1)5-3-7-10-9/h3-18H,1-2H3;1-7H. The van der Waals surface area contributed by atoms with E-state index >= 15 is 0 Å². The van der Waals surface area contributed by atoms with Gasteiger partial charge in [0.15, 0.2) is 0 Å². The topological polar surface area (TPSA) is 30.7 Å².